The molecule has 3 fully saturated rings. The van der Waals surface area contributed by atoms with Gasteiger partial charge in [-0.3, -0.25) is 19.4 Å². The van der Waals surface area contributed by atoms with Crippen LogP contribution in [0.5, 0.6) is 0 Å². The fourth-order valence-electron chi connectivity index (χ4n) is 5.15. The van der Waals surface area contributed by atoms with Crippen molar-refractivity contribution in [1.29, 1.82) is 0 Å². The second kappa shape index (κ2) is 8.03. The lowest BCUT2D eigenvalue weighted by Crippen LogP contribution is -2.51. The van der Waals surface area contributed by atoms with Gasteiger partial charge in [0.2, 0.25) is 5.91 Å². The number of piperidine rings is 1. The molecule has 0 N–H and O–H groups in total. The predicted molar refractivity (Wildman–Crippen MR) is 107 cm³/mol. The van der Waals surface area contributed by atoms with Crippen LogP contribution in [0.15, 0.2) is 16.9 Å². The molecule has 2 bridgehead atoms. The van der Waals surface area contributed by atoms with Crippen molar-refractivity contribution in [2.24, 2.45) is 5.92 Å². The number of carbonyl (C=O) groups excluding carboxylic acids is 2. The zero-order valence-corrected chi connectivity index (χ0v) is 17.1. The Morgan fingerprint density at radius 2 is 1.87 bits per heavy atom. The van der Waals surface area contributed by atoms with Crippen LogP contribution in [-0.2, 0) is 27.4 Å². The number of aromatic nitrogens is 1. The van der Waals surface area contributed by atoms with Crippen LogP contribution in [0.1, 0.15) is 23.6 Å². The van der Waals surface area contributed by atoms with Gasteiger partial charge in [-0.2, -0.15) is 0 Å². The maximum atomic E-state index is 13.2. The van der Waals surface area contributed by atoms with Gasteiger partial charge in [0.1, 0.15) is 13.2 Å². The molecule has 0 radical (unpaired) electrons. The maximum absolute atomic E-state index is 13.2. The number of pyridine rings is 1. The van der Waals surface area contributed by atoms with Crippen LogP contribution in [0.3, 0.4) is 0 Å². The third kappa shape index (κ3) is 3.72. The highest BCUT2D eigenvalue weighted by atomic mass is 16.6. The molecule has 9 heteroatoms. The number of ether oxygens (including phenoxy) is 2. The van der Waals surface area contributed by atoms with Crippen LogP contribution in [0.4, 0.5) is 4.79 Å². The van der Waals surface area contributed by atoms with Crippen molar-refractivity contribution in [3.63, 3.8) is 0 Å². The molecule has 1 aromatic rings. The number of hydrogen-bond acceptors (Lipinski definition) is 6. The zero-order chi connectivity index (χ0) is 20.7. The Labute approximate surface area is 175 Å². The van der Waals surface area contributed by atoms with Crippen molar-refractivity contribution in [3.8, 4) is 0 Å². The maximum Gasteiger partial charge on any atom is 0.410 e. The van der Waals surface area contributed by atoms with E-state index in [1.54, 1.807) is 0 Å². The quantitative estimate of drug-likeness (QED) is 0.691. The fourth-order valence-corrected chi connectivity index (χ4v) is 5.15. The third-order valence-corrected chi connectivity index (χ3v) is 6.70. The second-order valence-electron chi connectivity index (χ2n) is 8.72. The summed E-state index contributed by atoms with van der Waals surface area (Å²) in [6, 6.07) is 4.04. The number of cyclic esters (lactones) is 1. The lowest BCUT2D eigenvalue weighted by molar-refractivity contribution is -0.134. The summed E-state index contributed by atoms with van der Waals surface area (Å²) < 4.78 is 12.3. The Hall–Kier alpha value is -2.39. The number of morpholine rings is 1. The standard InChI is InChI=1S/C21H28N4O5/c26-19(14-23-5-8-30-21(23)28)24-10-15-9-17(13-24)18-2-1-16(20(27)25(18)11-15)12-22-3-6-29-7-4-22/h1-2,15,17H,3-14H2/t15-,17+/m0/s1. The zero-order valence-electron chi connectivity index (χ0n) is 17.1. The van der Waals surface area contributed by atoms with Gasteiger partial charge in [0.25, 0.3) is 5.56 Å². The summed E-state index contributed by atoms with van der Waals surface area (Å²) in [5, 5.41) is 0. The Bertz CT molecular complexity index is 894. The summed E-state index contributed by atoms with van der Waals surface area (Å²) in [7, 11) is 0. The van der Waals surface area contributed by atoms with E-state index < -0.39 is 6.09 Å². The van der Waals surface area contributed by atoms with Gasteiger partial charge in [0, 0.05) is 56.4 Å². The Morgan fingerprint density at radius 3 is 2.63 bits per heavy atom. The molecule has 9 nitrogen and oxygen atoms in total. The van der Waals surface area contributed by atoms with E-state index in [-0.39, 0.29) is 29.8 Å². The number of amides is 2. The monoisotopic (exact) mass is 416 g/mol. The van der Waals surface area contributed by atoms with Crippen LogP contribution in [0.25, 0.3) is 0 Å². The minimum Gasteiger partial charge on any atom is -0.448 e. The first-order valence-corrected chi connectivity index (χ1v) is 10.8. The lowest BCUT2D eigenvalue weighted by atomic mass is 9.83. The highest BCUT2D eigenvalue weighted by Gasteiger charge is 2.37. The summed E-state index contributed by atoms with van der Waals surface area (Å²) in [5.41, 5.74) is 1.97. The number of fused-ring (bicyclic) bond motifs is 4. The number of hydrogen-bond donors (Lipinski definition) is 0. The molecule has 2 atom stereocenters. The van der Waals surface area contributed by atoms with Gasteiger partial charge in [-0.05, 0) is 18.4 Å². The van der Waals surface area contributed by atoms with E-state index >= 15 is 0 Å². The first-order valence-electron chi connectivity index (χ1n) is 10.8. The van der Waals surface area contributed by atoms with E-state index in [0.717, 1.165) is 44.0 Å². The molecule has 1 aromatic heterocycles. The summed E-state index contributed by atoms with van der Waals surface area (Å²) >= 11 is 0. The number of rotatable bonds is 4. The molecule has 30 heavy (non-hydrogen) atoms. The van der Waals surface area contributed by atoms with E-state index in [2.05, 4.69) is 11.0 Å². The Morgan fingerprint density at radius 1 is 1.03 bits per heavy atom. The molecule has 0 aromatic carbocycles. The third-order valence-electron chi connectivity index (χ3n) is 6.70. The smallest absolute Gasteiger partial charge is 0.410 e. The molecule has 3 saturated heterocycles. The van der Waals surface area contributed by atoms with E-state index in [9.17, 15) is 14.4 Å². The van der Waals surface area contributed by atoms with Gasteiger partial charge in [0.05, 0.1) is 19.8 Å². The molecule has 0 aliphatic carbocycles. The molecular weight excluding hydrogens is 388 g/mol. The van der Waals surface area contributed by atoms with Gasteiger partial charge >= 0.3 is 6.09 Å². The summed E-state index contributed by atoms with van der Waals surface area (Å²) in [4.78, 5) is 43.2. The summed E-state index contributed by atoms with van der Waals surface area (Å²) in [6.07, 6.45) is 0.586. The molecule has 4 aliphatic heterocycles. The van der Waals surface area contributed by atoms with Crippen LogP contribution >= 0.6 is 0 Å². The number of carbonyl (C=O) groups is 2. The van der Waals surface area contributed by atoms with Crippen molar-refractivity contribution in [3.05, 3.63) is 33.7 Å². The average molecular weight is 416 g/mol. The SMILES string of the molecule is O=C(CN1CCOC1=O)N1C[C@@H]2C[C@H](C1)c1ccc(CN3CCOCC3)c(=O)n1C2. The average Bonchev–Trinajstić information content (AvgIpc) is 3.15. The number of likely N-dealkylation sites (tertiary alicyclic amines) is 1. The van der Waals surface area contributed by atoms with Gasteiger partial charge < -0.3 is 18.9 Å². The van der Waals surface area contributed by atoms with Crippen LogP contribution in [0, 0.1) is 5.92 Å². The normalized spacial score (nSPS) is 26.5. The highest BCUT2D eigenvalue weighted by Crippen LogP contribution is 2.35. The molecule has 5 heterocycles. The topological polar surface area (TPSA) is 84.3 Å². The van der Waals surface area contributed by atoms with Gasteiger partial charge in [0.15, 0.2) is 0 Å². The Kier molecular flexibility index (Phi) is 5.24. The molecule has 4 aliphatic rings. The van der Waals surface area contributed by atoms with Crippen molar-refractivity contribution >= 4 is 12.0 Å². The highest BCUT2D eigenvalue weighted by molar-refractivity contribution is 5.83. The van der Waals surface area contributed by atoms with Crippen LogP contribution in [0.2, 0.25) is 0 Å². The first kappa shape index (κ1) is 19.6. The molecule has 0 saturated carbocycles. The van der Waals surface area contributed by atoms with Gasteiger partial charge in [-0.15, -0.1) is 0 Å². The van der Waals surface area contributed by atoms with E-state index in [0.29, 0.717) is 39.3 Å². The van der Waals surface area contributed by atoms with Crippen molar-refractivity contribution in [1.82, 2.24) is 19.3 Å². The predicted octanol–water partition coefficient (Wildman–Crippen LogP) is 0.0784. The van der Waals surface area contributed by atoms with Crippen molar-refractivity contribution in [2.75, 3.05) is 59.1 Å². The minimum absolute atomic E-state index is 0.0386. The van der Waals surface area contributed by atoms with Crippen molar-refractivity contribution in [2.45, 2.75) is 25.4 Å². The minimum atomic E-state index is -0.412. The summed E-state index contributed by atoms with van der Waals surface area (Å²) in [6.45, 7) is 6.58. The largest absolute Gasteiger partial charge is 0.448 e. The molecule has 2 amide bonds. The molecule has 0 spiro atoms. The molecular formula is C21H28N4O5. The van der Waals surface area contributed by atoms with Gasteiger partial charge in [-0.25, -0.2) is 4.79 Å². The first-order chi connectivity index (χ1) is 14.6. The van der Waals surface area contributed by atoms with E-state index in [1.807, 2.05) is 15.5 Å². The van der Waals surface area contributed by atoms with Crippen LogP contribution in [-0.4, -0.2) is 90.4 Å². The fraction of sp³-hybridized carbons (Fsp3) is 0.667. The molecule has 5 rings (SSSR count). The number of nitrogens with zero attached hydrogens (tertiary/aromatic N) is 4. The van der Waals surface area contributed by atoms with E-state index in [4.69, 9.17) is 9.47 Å². The molecule has 0 unspecified atom stereocenters. The van der Waals surface area contributed by atoms with Crippen molar-refractivity contribution < 1.29 is 19.1 Å². The van der Waals surface area contributed by atoms with E-state index in [1.165, 1.54) is 4.90 Å². The lowest BCUT2D eigenvalue weighted by Gasteiger charge is -2.43. The Balaban J connectivity index is 1.30. The second-order valence-corrected chi connectivity index (χ2v) is 8.72. The van der Waals surface area contributed by atoms with Gasteiger partial charge in [-0.1, -0.05) is 6.07 Å². The van der Waals surface area contributed by atoms with Crippen LogP contribution < -0.4 is 5.56 Å². The summed E-state index contributed by atoms with van der Waals surface area (Å²) in [5.74, 6) is 0.391. The molecule has 162 valence electrons.